The number of nitrogens with one attached hydrogen (secondary N) is 2. The standard InChI is InChI=1S/C19H24F2N2O2S/c1-3-13(2)23-18(24)15-6-4-5-14(9-15)10-22-11-16-7-8-17(25-16)12-26-19(20)21/h4-9,13,19,22H,3,10-12H2,1-2H3,(H,23,24). The summed E-state index contributed by atoms with van der Waals surface area (Å²) >= 11 is 0.543. The summed E-state index contributed by atoms with van der Waals surface area (Å²) in [7, 11) is 0. The van der Waals surface area contributed by atoms with Crippen LogP contribution in [0.15, 0.2) is 40.8 Å². The lowest BCUT2D eigenvalue weighted by atomic mass is 10.1. The summed E-state index contributed by atoms with van der Waals surface area (Å²) in [4.78, 5) is 12.2. The van der Waals surface area contributed by atoms with Gasteiger partial charge in [0.2, 0.25) is 0 Å². The van der Waals surface area contributed by atoms with E-state index in [-0.39, 0.29) is 17.7 Å². The van der Waals surface area contributed by atoms with Crippen molar-refractivity contribution in [1.82, 2.24) is 10.6 Å². The molecule has 2 aromatic rings. The number of benzene rings is 1. The molecule has 0 bridgehead atoms. The molecule has 0 spiro atoms. The maximum absolute atomic E-state index is 12.2. The summed E-state index contributed by atoms with van der Waals surface area (Å²) in [5.41, 5.74) is 1.62. The normalized spacial score (nSPS) is 12.3. The zero-order chi connectivity index (χ0) is 18.9. The number of amides is 1. The van der Waals surface area contributed by atoms with Gasteiger partial charge in [0, 0.05) is 18.2 Å². The van der Waals surface area contributed by atoms with Crippen LogP contribution in [0.2, 0.25) is 0 Å². The molecule has 1 unspecified atom stereocenters. The molecule has 26 heavy (non-hydrogen) atoms. The van der Waals surface area contributed by atoms with Crippen LogP contribution in [0.3, 0.4) is 0 Å². The van der Waals surface area contributed by atoms with Crippen molar-refractivity contribution >= 4 is 17.7 Å². The van der Waals surface area contributed by atoms with Crippen molar-refractivity contribution < 1.29 is 18.0 Å². The van der Waals surface area contributed by atoms with E-state index in [1.807, 2.05) is 32.0 Å². The molecule has 1 atom stereocenters. The summed E-state index contributed by atoms with van der Waals surface area (Å²) < 4.78 is 29.9. The van der Waals surface area contributed by atoms with Gasteiger partial charge in [-0.1, -0.05) is 30.8 Å². The molecule has 7 heteroatoms. The molecule has 0 saturated heterocycles. The lowest BCUT2D eigenvalue weighted by Gasteiger charge is -2.12. The molecule has 1 aromatic carbocycles. The van der Waals surface area contributed by atoms with Gasteiger partial charge in [-0.3, -0.25) is 4.79 Å². The van der Waals surface area contributed by atoms with Crippen molar-refractivity contribution in [1.29, 1.82) is 0 Å². The predicted molar refractivity (Wildman–Crippen MR) is 100 cm³/mol. The molecular weight excluding hydrogens is 358 g/mol. The molecule has 0 aliphatic heterocycles. The van der Waals surface area contributed by atoms with Gasteiger partial charge >= 0.3 is 0 Å². The van der Waals surface area contributed by atoms with Crippen molar-refractivity contribution in [2.45, 2.75) is 50.9 Å². The van der Waals surface area contributed by atoms with Crippen molar-refractivity contribution in [3.8, 4) is 0 Å². The van der Waals surface area contributed by atoms with E-state index in [1.54, 1.807) is 18.2 Å². The van der Waals surface area contributed by atoms with Crippen LogP contribution in [0, 0.1) is 0 Å². The summed E-state index contributed by atoms with van der Waals surface area (Å²) in [6.07, 6.45) is 0.883. The topological polar surface area (TPSA) is 54.3 Å². The van der Waals surface area contributed by atoms with E-state index in [0.29, 0.717) is 41.9 Å². The van der Waals surface area contributed by atoms with E-state index in [4.69, 9.17) is 4.42 Å². The third-order valence-electron chi connectivity index (χ3n) is 3.88. The summed E-state index contributed by atoms with van der Waals surface area (Å²) in [5, 5.41) is 6.18. The minimum Gasteiger partial charge on any atom is -0.464 e. The first kappa shape index (κ1) is 20.5. The van der Waals surface area contributed by atoms with Crippen molar-refractivity contribution in [3.63, 3.8) is 0 Å². The van der Waals surface area contributed by atoms with Gasteiger partial charge in [0.25, 0.3) is 11.7 Å². The Morgan fingerprint density at radius 3 is 2.69 bits per heavy atom. The molecule has 0 fully saturated rings. The number of furan rings is 1. The average Bonchev–Trinajstić information content (AvgIpc) is 3.08. The first-order valence-electron chi connectivity index (χ1n) is 8.55. The van der Waals surface area contributed by atoms with Crippen LogP contribution in [0.5, 0.6) is 0 Å². The van der Waals surface area contributed by atoms with E-state index in [2.05, 4.69) is 10.6 Å². The Hall–Kier alpha value is -1.86. The lowest BCUT2D eigenvalue weighted by molar-refractivity contribution is 0.0939. The van der Waals surface area contributed by atoms with Crippen molar-refractivity contribution in [3.05, 3.63) is 59.0 Å². The monoisotopic (exact) mass is 382 g/mol. The second-order valence-corrected chi connectivity index (χ2v) is 7.00. The number of halogens is 2. The molecule has 2 rings (SSSR count). The third kappa shape index (κ3) is 6.80. The van der Waals surface area contributed by atoms with E-state index in [0.717, 1.165) is 12.0 Å². The van der Waals surface area contributed by atoms with Crippen LogP contribution in [0.1, 0.15) is 47.7 Å². The summed E-state index contributed by atoms with van der Waals surface area (Å²) in [6.45, 7) is 5.06. The predicted octanol–water partition coefficient (Wildman–Crippen LogP) is 4.55. The molecule has 0 radical (unpaired) electrons. The average molecular weight is 382 g/mol. The highest BCUT2D eigenvalue weighted by Gasteiger charge is 2.09. The minimum atomic E-state index is -2.40. The Morgan fingerprint density at radius 1 is 1.19 bits per heavy atom. The molecule has 142 valence electrons. The highest BCUT2D eigenvalue weighted by Crippen LogP contribution is 2.21. The quantitative estimate of drug-likeness (QED) is 0.633. The van der Waals surface area contributed by atoms with E-state index >= 15 is 0 Å². The molecule has 4 nitrogen and oxygen atoms in total. The van der Waals surface area contributed by atoms with Crippen molar-refractivity contribution in [2.24, 2.45) is 0 Å². The molecule has 0 saturated carbocycles. The Balaban J connectivity index is 1.82. The van der Waals surface area contributed by atoms with Crippen LogP contribution in [0.4, 0.5) is 8.78 Å². The maximum atomic E-state index is 12.2. The Morgan fingerprint density at radius 2 is 1.96 bits per heavy atom. The largest absolute Gasteiger partial charge is 0.464 e. The van der Waals surface area contributed by atoms with Gasteiger partial charge in [0.15, 0.2) is 0 Å². The molecule has 0 aliphatic rings. The number of hydrogen-bond donors (Lipinski definition) is 2. The van der Waals surface area contributed by atoms with Crippen LogP contribution < -0.4 is 10.6 Å². The van der Waals surface area contributed by atoms with Gasteiger partial charge in [-0.25, -0.2) is 0 Å². The molecule has 0 aliphatic carbocycles. The van der Waals surface area contributed by atoms with Gasteiger partial charge in [-0.05, 0) is 43.2 Å². The third-order valence-corrected chi connectivity index (χ3v) is 4.58. The number of carbonyl (C=O) groups excluding carboxylic acids is 1. The van der Waals surface area contributed by atoms with Gasteiger partial charge in [0.05, 0.1) is 12.3 Å². The molecule has 1 amide bonds. The first-order chi connectivity index (χ1) is 12.5. The second-order valence-electron chi connectivity index (χ2n) is 6.03. The number of carbonyl (C=O) groups is 1. The zero-order valence-corrected chi connectivity index (χ0v) is 15.7. The summed E-state index contributed by atoms with van der Waals surface area (Å²) in [6, 6.07) is 11.1. The Kier molecular flexibility index (Phi) is 8.12. The SMILES string of the molecule is CCC(C)NC(=O)c1cccc(CNCc2ccc(CSC(F)F)o2)c1. The Labute approximate surface area is 156 Å². The first-order valence-corrected chi connectivity index (χ1v) is 9.60. The smallest absolute Gasteiger partial charge is 0.284 e. The molecule has 2 N–H and O–H groups in total. The number of rotatable bonds is 10. The highest BCUT2D eigenvalue weighted by atomic mass is 32.2. The van der Waals surface area contributed by atoms with Crippen molar-refractivity contribution in [2.75, 3.05) is 0 Å². The number of thioether (sulfide) groups is 1. The Bertz CT molecular complexity index is 706. The second kappa shape index (κ2) is 10.3. The zero-order valence-electron chi connectivity index (χ0n) is 14.9. The fourth-order valence-corrected chi connectivity index (χ4v) is 2.75. The van der Waals surface area contributed by atoms with Crippen LogP contribution in [-0.4, -0.2) is 17.7 Å². The minimum absolute atomic E-state index is 0.0755. The van der Waals surface area contributed by atoms with E-state index in [1.165, 1.54) is 0 Å². The van der Waals surface area contributed by atoms with E-state index < -0.39 is 5.76 Å². The van der Waals surface area contributed by atoms with Gasteiger partial charge in [-0.15, -0.1) is 0 Å². The molecular formula is C19H24F2N2O2S. The van der Waals surface area contributed by atoms with Crippen LogP contribution in [-0.2, 0) is 18.8 Å². The highest BCUT2D eigenvalue weighted by molar-refractivity contribution is 7.98. The lowest BCUT2D eigenvalue weighted by Crippen LogP contribution is -2.32. The van der Waals surface area contributed by atoms with Gasteiger partial charge in [0.1, 0.15) is 11.5 Å². The van der Waals surface area contributed by atoms with Gasteiger partial charge in [-0.2, -0.15) is 8.78 Å². The number of alkyl halides is 2. The maximum Gasteiger partial charge on any atom is 0.284 e. The molecule has 1 heterocycles. The summed E-state index contributed by atoms with van der Waals surface area (Å²) in [5.74, 6) is -1.08. The van der Waals surface area contributed by atoms with Crippen LogP contribution in [0.25, 0.3) is 0 Å². The van der Waals surface area contributed by atoms with Gasteiger partial charge < -0.3 is 15.1 Å². The van der Waals surface area contributed by atoms with E-state index in [9.17, 15) is 13.6 Å². The fraction of sp³-hybridized carbons (Fsp3) is 0.421. The number of hydrogen-bond acceptors (Lipinski definition) is 4. The van der Waals surface area contributed by atoms with Crippen LogP contribution >= 0.6 is 11.8 Å². The fourth-order valence-electron chi connectivity index (χ4n) is 2.30. The molecule has 1 aromatic heterocycles.